The van der Waals surface area contributed by atoms with Crippen LogP contribution in [0.2, 0.25) is 0 Å². The molecule has 0 atom stereocenters. The van der Waals surface area contributed by atoms with Crippen molar-refractivity contribution in [3.05, 3.63) is 4.77 Å². The van der Waals surface area contributed by atoms with Gasteiger partial charge in [-0.05, 0) is 32.5 Å². The van der Waals surface area contributed by atoms with Gasteiger partial charge in [0.2, 0.25) is 5.95 Å². The Kier molecular flexibility index (Phi) is 5.48. The summed E-state index contributed by atoms with van der Waals surface area (Å²) in [7, 11) is 1.71. The molecule has 1 aromatic rings. The Morgan fingerprint density at radius 2 is 2.12 bits per heavy atom. The molecule has 1 N–H and O–H groups in total. The zero-order valence-corrected chi connectivity index (χ0v) is 11.0. The minimum atomic E-state index is 0.679. The average Bonchev–Trinajstić information content (AvgIpc) is 2.64. The Labute approximate surface area is 101 Å². The Balaban J connectivity index is 2.80. The number of nitrogens with zero attached hydrogens (tertiary/aromatic N) is 3. The van der Waals surface area contributed by atoms with Crippen molar-refractivity contribution in [3.8, 4) is 0 Å². The number of hydrogen-bond acceptors (Lipinski definition) is 4. The SMILES string of the molecule is CCN(CC)c1n[nH]c(=S)n1CCCOC. The zero-order chi connectivity index (χ0) is 12.0. The van der Waals surface area contributed by atoms with E-state index in [1.54, 1.807) is 7.11 Å². The Morgan fingerprint density at radius 3 is 2.69 bits per heavy atom. The van der Waals surface area contributed by atoms with Gasteiger partial charge in [-0.2, -0.15) is 0 Å². The van der Waals surface area contributed by atoms with Crippen molar-refractivity contribution in [2.24, 2.45) is 0 Å². The first-order valence-electron chi connectivity index (χ1n) is 5.63. The number of aromatic nitrogens is 3. The molecule has 0 saturated carbocycles. The van der Waals surface area contributed by atoms with E-state index in [4.69, 9.17) is 17.0 Å². The summed E-state index contributed by atoms with van der Waals surface area (Å²) in [5.74, 6) is 0.922. The van der Waals surface area contributed by atoms with Gasteiger partial charge in [0.15, 0.2) is 4.77 Å². The summed E-state index contributed by atoms with van der Waals surface area (Å²) < 4.78 is 7.75. The molecule has 92 valence electrons. The number of methoxy groups -OCH3 is 1. The molecule has 1 aromatic heterocycles. The Morgan fingerprint density at radius 1 is 1.44 bits per heavy atom. The van der Waals surface area contributed by atoms with Crippen molar-refractivity contribution in [2.45, 2.75) is 26.8 Å². The molecule has 5 nitrogen and oxygen atoms in total. The van der Waals surface area contributed by atoms with Crippen LogP contribution in [0.1, 0.15) is 20.3 Å². The number of aromatic amines is 1. The number of H-pyrrole nitrogens is 1. The van der Waals surface area contributed by atoms with E-state index in [0.29, 0.717) is 4.77 Å². The lowest BCUT2D eigenvalue weighted by atomic mass is 10.4. The normalized spacial score (nSPS) is 10.7. The number of anilines is 1. The van der Waals surface area contributed by atoms with Crippen LogP contribution < -0.4 is 4.90 Å². The molecule has 0 saturated heterocycles. The summed E-state index contributed by atoms with van der Waals surface area (Å²) in [4.78, 5) is 2.18. The fraction of sp³-hybridized carbons (Fsp3) is 0.800. The second kappa shape index (κ2) is 6.65. The average molecular weight is 244 g/mol. The molecule has 16 heavy (non-hydrogen) atoms. The largest absolute Gasteiger partial charge is 0.385 e. The van der Waals surface area contributed by atoms with Crippen LogP contribution in [-0.2, 0) is 11.3 Å². The molecule has 0 aromatic carbocycles. The molecule has 0 fully saturated rings. The molecule has 0 aliphatic heterocycles. The highest BCUT2D eigenvalue weighted by atomic mass is 32.1. The van der Waals surface area contributed by atoms with Gasteiger partial charge in [0.05, 0.1) is 0 Å². The van der Waals surface area contributed by atoms with Crippen molar-refractivity contribution in [1.82, 2.24) is 14.8 Å². The summed E-state index contributed by atoms with van der Waals surface area (Å²) >= 11 is 5.21. The van der Waals surface area contributed by atoms with Crippen molar-refractivity contribution < 1.29 is 4.74 Å². The molecule has 6 heteroatoms. The lowest BCUT2D eigenvalue weighted by Gasteiger charge is -2.20. The maximum Gasteiger partial charge on any atom is 0.225 e. The van der Waals surface area contributed by atoms with E-state index < -0.39 is 0 Å². The van der Waals surface area contributed by atoms with E-state index in [1.165, 1.54) is 0 Å². The van der Waals surface area contributed by atoms with E-state index in [9.17, 15) is 0 Å². The minimum absolute atomic E-state index is 0.679. The second-order valence-electron chi connectivity index (χ2n) is 3.50. The zero-order valence-electron chi connectivity index (χ0n) is 10.2. The maximum atomic E-state index is 5.21. The van der Waals surface area contributed by atoms with Gasteiger partial charge in [0.1, 0.15) is 0 Å². The first-order chi connectivity index (χ1) is 7.74. The summed E-state index contributed by atoms with van der Waals surface area (Å²) in [6.45, 7) is 7.67. The highest BCUT2D eigenvalue weighted by Crippen LogP contribution is 2.11. The van der Waals surface area contributed by atoms with Gasteiger partial charge in [-0.3, -0.25) is 4.57 Å². The number of rotatable bonds is 7. The molecule has 0 aliphatic carbocycles. The van der Waals surface area contributed by atoms with Crippen LogP contribution in [0.4, 0.5) is 5.95 Å². The number of hydrogen-bond donors (Lipinski definition) is 1. The first-order valence-corrected chi connectivity index (χ1v) is 6.04. The third-order valence-electron chi connectivity index (χ3n) is 2.51. The molecule has 0 radical (unpaired) electrons. The van der Waals surface area contributed by atoms with Gasteiger partial charge in [-0.1, -0.05) is 0 Å². The van der Waals surface area contributed by atoms with E-state index in [0.717, 1.165) is 38.6 Å². The lowest BCUT2D eigenvalue weighted by molar-refractivity contribution is 0.190. The highest BCUT2D eigenvalue weighted by molar-refractivity contribution is 7.71. The van der Waals surface area contributed by atoms with Gasteiger partial charge in [-0.15, -0.1) is 5.10 Å². The Bertz CT molecular complexity index is 356. The van der Waals surface area contributed by atoms with Crippen molar-refractivity contribution in [3.63, 3.8) is 0 Å². The quantitative estimate of drug-likeness (QED) is 0.587. The lowest BCUT2D eigenvalue weighted by Crippen LogP contribution is -2.25. The summed E-state index contributed by atoms with van der Waals surface area (Å²) in [6.07, 6.45) is 0.943. The van der Waals surface area contributed by atoms with Gasteiger partial charge in [0.25, 0.3) is 0 Å². The molecule has 0 unspecified atom stereocenters. The third kappa shape index (κ3) is 3.05. The van der Waals surface area contributed by atoms with E-state index in [1.807, 2.05) is 4.57 Å². The smallest absolute Gasteiger partial charge is 0.225 e. The van der Waals surface area contributed by atoms with Crippen molar-refractivity contribution in [2.75, 3.05) is 31.7 Å². The molecule has 1 rings (SSSR count). The molecule has 0 bridgehead atoms. The van der Waals surface area contributed by atoms with Crippen LogP contribution in [-0.4, -0.2) is 41.6 Å². The molecule has 0 spiro atoms. The number of ether oxygens (including phenoxy) is 1. The second-order valence-corrected chi connectivity index (χ2v) is 3.89. The maximum absolute atomic E-state index is 5.21. The molecule has 0 aliphatic rings. The van der Waals surface area contributed by atoms with Gasteiger partial charge < -0.3 is 9.64 Å². The van der Waals surface area contributed by atoms with Gasteiger partial charge >= 0.3 is 0 Å². The highest BCUT2D eigenvalue weighted by Gasteiger charge is 2.10. The van der Waals surface area contributed by atoms with E-state index in [2.05, 4.69) is 28.9 Å². The summed E-state index contributed by atoms with van der Waals surface area (Å²) in [5, 5.41) is 7.11. The van der Waals surface area contributed by atoms with Crippen molar-refractivity contribution in [1.29, 1.82) is 0 Å². The van der Waals surface area contributed by atoms with Gasteiger partial charge in [-0.25, -0.2) is 5.10 Å². The number of nitrogens with one attached hydrogen (secondary N) is 1. The van der Waals surface area contributed by atoms with E-state index >= 15 is 0 Å². The molecule has 0 amide bonds. The standard InChI is InChI=1S/C10H20N4OS/c1-4-13(5-2)9-11-12-10(16)14(9)7-6-8-15-3/h4-8H2,1-3H3,(H,12,16). The first kappa shape index (κ1) is 13.2. The molecular weight excluding hydrogens is 224 g/mol. The summed E-state index contributed by atoms with van der Waals surface area (Å²) in [6, 6.07) is 0. The predicted octanol–water partition coefficient (Wildman–Crippen LogP) is 1.82. The molecular formula is C10H20N4OS. The Hall–Kier alpha value is -0.880. The van der Waals surface area contributed by atoms with Crippen LogP contribution in [0, 0.1) is 4.77 Å². The topological polar surface area (TPSA) is 46.1 Å². The van der Waals surface area contributed by atoms with E-state index in [-0.39, 0.29) is 0 Å². The van der Waals surface area contributed by atoms with Crippen LogP contribution in [0.15, 0.2) is 0 Å². The van der Waals surface area contributed by atoms with Crippen LogP contribution in [0.25, 0.3) is 0 Å². The predicted molar refractivity (Wildman–Crippen MR) is 67.5 cm³/mol. The fourth-order valence-electron chi connectivity index (χ4n) is 1.63. The van der Waals surface area contributed by atoms with Gasteiger partial charge in [0, 0.05) is 33.4 Å². The van der Waals surface area contributed by atoms with Crippen LogP contribution in [0.5, 0.6) is 0 Å². The van der Waals surface area contributed by atoms with Crippen LogP contribution >= 0.6 is 12.2 Å². The van der Waals surface area contributed by atoms with Crippen LogP contribution in [0.3, 0.4) is 0 Å². The minimum Gasteiger partial charge on any atom is -0.385 e. The fourth-order valence-corrected chi connectivity index (χ4v) is 1.84. The monoisotopic (exact) mass is 244 g/mol. The molecule has 1 heterocycles. The third-order valence-corrected chi connectivity index (χ3v) is 2.83. The van der Waals surface area contributed by atoms with Crippen molar-refractivity contribution >= 4 is 18.2 Å². The summed E-state index contributed by atoms with van der Waals surface area (Å²) in [5.41, 5.74) is 0.